The molecule has 1 N–H and O–H groups in total. The number of aryl methyl sites for hydroxylation is 1. The monoisotopic (exact) mass is 266 g/mol. The van der Waals surface area contributed by atoms with Crippen LogP contribution in [-0.4, -0.2) is 23.2 Å². The molecule has 2 atom stereocenters. The van der Waals surface area contributed by atoms with Gasteiger partial charge in [0.2, 0.25) is 0 Å². The topological polar surface area (TPSA) is 36.4 Å². The lowest BCUT2D eigenvalue weighted by Gasteiger charge is -2.41. The zero-order valence-corrected chi connectivity index (χ0v) is 11.9. The molecule has 1 aromatic heterocycles. The second kappa shape index (κ2) is 5.17. The van der Waals surface area contributed by atoms with E-state index in [1.807, 2.05) is 6.92 Å². The van der Waals surface area contributed by atoms with Crippen LogP contribution in [0.5, 0.6) is 0 Å². The van der Waals surface area contributed by atoms with Gasteiger partial charge in [0.25, 0.3) is 0 Å². The van der Waals surface area contributed by atoms with Crippen molar-refractivity contribution < 1.29 is 5.11 Å². The molecule has 0 bridgehead atoms. The molecule has 100 valence electrons. The van der Waals surface area contributed by atoms with E-state index in [0.717, 1.165) is 34.1 Å². The first-order valence-corrected chi connectivity index (χ1v) is 7.91. The Morgan fingerprint density at radius 2 is 2.06 bits per heavy atom. The number of fused-ring (bicyclic) bond motifs is 1. The fraction of sp³-hybridized carbons (Fsp3) is 0.786. The summed E-state index contributed by atoms with van der Waals surface area (Å²) in [5, 5.41) is 10.4. The molecule has 2 heterocycles. The van der Waals surface area contributed by atoms with Gasteiger partial charge in [-0.1, -0.05) is 30.6 Å². The quantitative estimate of drug-likeness (QED) is 0.894. The van der Waals surface area contributed by atoms with Gasteiger partial charge in [0.1, 0.15) is 0 Å². The summed E-state index contributed by atoms with van der Waals surface area (Å²) in [6.07, 6.45) is 7.02. The molecule has 1 aliphatic heterocycles. The van der Waals surface area contributed by atoms with E-state index < -0.39 is 0 Å². The van der Waals surface area contributed by atoms with Gasteiger partial charge in [0.15, 0.2) is 5.13 Å². The van der Waals surface area contributed by atoms with E-state index in [9.17, 15) is 5.11 Å². The van der Waals surface area contributed by atoms with Crippen LogP contribution in [0, 0.1) is 18.8 Å². The van der Waals surface area contributed by atoms with Gasteiger partial charge in [0, 0.05) is 13.1 Å². The number of anilines is 1. The van der Waals surface area contributed by atoms with E-state index >= 15 is 0 Å². The van der Waals surface area contributed by atoms with Gasteiger partial charge < -0.3 is 10.0 Å². The van der Waals surface area contributed by atoms with Crippen molar-refractivity contribution in [2.75, 3.05) is 18.0 Å². The minimum Gasteiger partial charge on any atom is -0.391 e. The molecule has 0 aromatic carbocycles. The van der Waals surface area contributed by atoms with E-state index in [-0.39, 0.29) is 6.61 Å². The lowest BCUT2D eigenvalue weighted by molar-refractivity contribution is 0.202. The van der Waals surface area contributed by atoms with Crippen molar-refractivity contribution in [1.82, 2.24) is 4.98 Å². The summed E-state index contributed by atoms with van der Waals surface area (Å²) in [5.74, 6) is 1.85. The first-order valence-electron chi connectivity index (χ1n) is 7.10. The van der Waals surface area contributed by atoms with Crippen molar-refractivity contribution in [3.05, 3.63) is 10.6 Å². The summed E-state index contributed by atoms with van der Waals surface area (Å²) in [5.41, 5.74) is 1.00. The Hall–Kier alpha value is -0.610. The van der Waals surface area contributed by atoms with Gasteiger partial charge in [-0.25, -0.2) is 4.98 Å². The highest BCUT2D eigenvalue weighted by Gasteiger charge is 2.32. The Bertz CT molecular complexity index is 418. The highest BCUT2D eigenvalue weighted by Crippen LogP contribution is 2.38. The normalized spacial score (nSPS) is 28.2. The van der Waals surface area contributed by atoms with Crippen molar-refractivity contribution in [2.45, 2.75) is 45.6 Å². The van der Waals surface area contributed by atoms with Crippen LogP contribution in [0.2, 0.25) is 0 Å². The molecule has 2 aliphatic rings. The molecule has 1 aromatic rings. The number of hydrogen-bond acceptors (Lipinski definition) is 4. The molecular weight excluding hydrogens is 244 g/mol. The van der Waals surface area contributed by atoms with Gasteiger partial charge in [-0.3, -0.25) is 0 Å². The summed E-state index contributed by atoms with van der Waals surface area (Å²) in [4.78, 5) is 8.10. The number of rotatable bonds is 2. The molecule has 18 heavy (non-hydrogen) atoms. The maximum absolute atomic E-state index is 9.27. The maximum atomic E-state index is 9.27. The van der Waals surface area contributed by atoms with Crippen LogP contribution < -0.4 is 4.90 Å². The van der Waals surface area contributed by atoms with Crippen LogP contribution >= 0.6 is 11.3 Å². The standard InChI is InChI=1S/C14H22N2OS/c1-10-13(9-17)18-14(15-10)16-7-6-11-4-2-3-5-12(11)8-16/h11-12,17H,2-9H2,1H3. The second-order valence-electron chi connectivity index (χ2n) is 5.70. The molecule has 1 saturated heterocycles. The number of aliphatic hydroxyl groups excluding tert-OH is 1. The first-order chi connectivity index (χ1) is 8.78. The van der Waals surface area contributed by atoms with E-state index in [4.69, 9.17) is 0 Å². The van der Waals surface area contributed by atoms with Gasteiger partial charge in [-0.2, -0.15) is 0 Å². The Kier molecular flexibility index (Phi) is 3.57. The van der Waals surface area contributed by atoms with Crippen LogP contribution in [-0.2, 0) is 6.61 Å². The van der Waals surface area contributed by atoms with Crippen molar-refractivity contribution in [2.24, 2.45) is 11.8 Å². The number of piperidine rings is 1. The smallest absolute Gasteiger partial charge is 0.185 e. The highest BCUT2D eigenvalue weighted by atomic mass is 32.1. The van der Waals surface area contributed by atoms with E-state index in [1.165, 1.54) is 38.6 Å². The Balaban J connectivity index is 1.72. The zero-order chi connectivity index (χ0) is 12.5. The van der Waals surface area contributed by atoms with E-state index in [0.29, 0.717) is 0 Å². The van der Waals surface area contributed by atoms with Crippen molar-refractivity contribution >= 4 is 16.5 Å². The lowest BCUT2D eigenvalue weighted by atomic mass is 9.75. The summed E-state index contributed by atoms with van der Waals surface area (Å²) in [7, 11) is 0. The zero-order valence-electron chi connectivity index (χ0n) is 11.1. The third-order valence-electron chi connectivity index (χ3n) is 4.59. The number of aliphatic hydroxyl groups is 1. The van der Waals surface area contributed by atoms with E-state index in [2.05, 4.69) is 9.88 Å². The SMILES string of the molecule is Cc1nc(N2CCC3CCCCC3C2)sc1CO. The van der Waals surface area contributed by atoms with Crippen LogP contribution in [0.15, 0.2) is 0 Å². The van der Waals surface area contributed by atoms with Gasteiger partial charge in [0.05, 0.1) is 17.2 Å². The van der Waals surface area contributed by atoms with Gasteiger partial charge in [-0.05, 0) is 31.6 Å². The summed E-state index contributed by atoms with van der Waals surface area (Å²) in [6, 6.07) is 0. The fourth-order valence-corrected chi connectivity index (χ4v) is 4.43. The minimum atomic E-state index is 0.128. The first kappa shape index (κ1) is 12.4. The van der Waals surface area contributed by atoms with Crippen LogP contribution in [0.4, 0.5) is 5.13 Å². The Labute approximate surface area is 113 Å². The predicted octanol–water partition coefficient (Wildman–Crippen LogP) is 2.96. The maximum Gasteiger partial charge on any atom is 0.185 e. The van der Waals surface area contributed by atoms with Crippen molar-refractivity contribution in [3.63, 3.8) is 0 Å². The third kappa shape index (κ3) is 2.28. The summed E-state index contributed by atoms with van der Waals surface area (Å²) >= 11 is 1.67. The molecular formula is C14H22N2OS. The summed E-state index contributed by atoms with van der Waals surface area (Å²) in [6.45, 7) is 4.46. The average Bonchev–Trinajstić information content (AvgIpc) is 2.79. The molecule has 0 spiro atoms. The second-order valence-corrected chi connectivity index (χ2v) is 6.76. The molecule has 2 unspecified atom stereocenters. The highest BCUT2D eigenvalue weighted by molar-refractivity contribution is 7.15. The largest absolute Gasteiger partial charge is 0.391 e. The minimum absolute atomic E-state index is 0.128. The fourth-order valence-electron chi connectivity index (χ4n) is 3.47. The number of aromatic nitrogens is 1. The molecule has 2 fully saturated rings. The van der Waals surface area contributed by atoms with E-state index in [1.54, 1.807) is 11.3 Å². The van der Waals surface area contributed by atoms with Crippen molar-refractivity contribution in [3.8, 4) is 0 Å². The number of hydrogen-bond donors (Lipinski definition) is 1. The van der Waals surface area contributed by atoms with Crippen LogP contribution in [0.3, 0.4) is 0 Å². The third-order valence-corrected chi connectivity index (χ3v) is 5.79. The van der Waals surface area contributed by atoms with Gasteiger partial charge >= 0.3 is 0 Å². The summed E-state index contributed by atoms with van der Waals surface area (Å²) < 4.78 is 0. The Morgan fingerprint density at radius 3 is 2.78 bits per heavy atom. The number of thiazole rings is 1. The Morgan fingerprint density at radius 1 is 1.28 bits per heavy atom. The molecule has 0 amide bonds. The van der Waals surface area contributed by atoms with Crippen LogP contribution in [0.25, 0.3) is 0 Å². The molecule has 0 radical (unpaired) electrons. The van der Waals surface area contributed by atoms with Crippen molar-refractivity contribution in [1.29, 1.82) is 0 Å². The number of nitrogens with zero attached hydrogens (tertiary/aromatic N) is 2. The predicted molar refractivity (Wildman–Crippen MR) is 75.1 cm³/mol. The molecule has 3 rings (SSSR count). The molecule has 4 heteroatoms. The van der Waals surface area contributed by atoms with Gasteiger partial charge in [-0.15, -0.1) is 0 Å². The van der Waals surface area contributed by atoms with Crippen LogP contribution in [0.1, 0.15) is 42.7 Å². The molecule has 3 nitrogen and oxygen atoms in total. The molecule has 1 aliphatic carbocycles. The molecule has 1 saturated carbocycles. The average molecular weight is 266 g/mol. The lowest BCUT2D eigenvalue weighted by Crippen LogP contribution is -2.41.